The number of imide groups is 1. The third kappa shape index (κ3) is 3.62. The number of amides is 4. The van der Waals surface area contributed by atoms with Crippen molar-refractivity contribution >= 4 is 40.6 Å². The SMILES string of the molecule is CCCN1C(=O)C2SC(NC(C)=O)=NN=C2N(Cc2ccccc2)C1=O. The normalized spacial score (nSPS) is 19.7. The quantitative estimate of drug-likeness (QED) is 0.870. The number of fused-ring (bicyclic) bond motifs is 1. The first-order valence-electron chi connectivity index (χ1n) is 8.27. The van der Waals surface area contributed by atoms with Gasteiger partial charge in [-0.05, 0) is 12.0 Å². The molecule has 1 fully saturated rings. The Balaban J connectivity index is 1.95. The van der Waals surface area contributed by atoms with E-state index in [1.165, 1.54) is 16.7 Å². The highest BCUT2D eigenvalue weighted by atomic mass is 32.2. The lowest BCUT2D eigenvalue weighted by molar-refractivity contribution is -0.128. The highest BCUT2D eigenvalue weighted by Crippen LogP contribution is 2.29. The Morgan fingerprint density at radius 3 is 2.58 bits per heavy atom. The molecular weight excluding hydrogens is 354 g/mol. The molecule has 1 aromatic carbocycles. The predicted octanol–water partition coefficient (Wildman–Crippen LogP) is 1.78. The van der Waals surface area contributed by atoms with Crippen LogP contribution in [0, 0.1) is 0 Å². The van der Waals surface area contributed by atoms with Crippen molar-refractivity contribution in [3.05, 3.63) is 35.9 Å². The van der Waals surface area contributed by atoms with Crippen molar-refractivity contribution in [2.75, 3.05) is 6.54 Å². The summed E-state index contributed by atoms with van der Waals surface area (Å²) in [7, 11) is 0. The Bertz CT molecular complexity index is 793. The molecule has 0 bridgehead atoms. The van der Waals surface area contributed by atoms with E-state index in [1.807, 2.05) is 37.3 Å². The zero-order valence-corrected chi connectivity index (χ0v) is 15.3. The number of nitrogens with zero attached hydrogens (tertiary/aromatic N) is 4. The number of rotatable bonds is 4. The van der Waals surface area contributed by atoms with Gasteiger partial charge in [-0.25, -0.2) is 4.79 Å². The van der Waals surface area contributed by atoms with Gasteiger partial charge in [0, 0.05) is 13.5 Å². The Kier molecular flexibility index (Phi) is 5.36. The number of hydrogen-bond acceptors (Lipinski definition) is 6. The molecule has 2 aliphatic heterocycles. The molecule has 4 amide bonds. The molecule has 3 rings (SSSR count). The smallest absolute Gasteiger partial charge is 0.304 e. The molecule has 1 unspecified atom stereocenters. The Labute approximate surface area is 155 Å². The molecule has 1 N–H and O–H groups in total. The molecule has 26 heavy (non-hydrogen) atoms. The van der Waals surface area contributed by atoms with Crippen molar-refractivity contribution in [1.82, 2.24) is 15.1 Å². The van der Waals surface area contributed by atoms with Crippen LogP contribution < -0.4 is 5.32 Å². The fourth-order valence-electron chi connectivity index (χ4n) is 2.72. The number of thioether (sulfide) groups is 1. The van der Waals surface area contributed by atoms with Gasteiger partial charge in [0.05, 0.1) is 6.54 Å². The third-order valence-electron chi connectivity index (χ3n) is 3.85. The molecule has 9 heteroatoms. The summed E-state index contributed by atoms with van der Waals surface area (Å²) < 4.78 is 0. The fourth-order valence-corrected chi connectivity index (χ4v) is 3.74. The maximum atomic E-state index is 12.9. The van der Waals surface area contributed by atoms with Crippen LogP contribution in [0.4, 0.5) is 4.79 Å². The average Bonchev–Trinajstić information content (AvgIpc) is 2.63. The van der Waals surface area contributed by atoms with Crippen LogP contribution in [-0.4, -0.2) is 50.4 Å². The van der Waals surface area contributed by atoms with Crippen LogP contribution in [0.2, 0.25) is 0 Å². The lowest BCUT2D eigenvalue weighted by atomic mass is 10.1. The summed E-state index contributed by atoms with van der Waals surface area (Å²) in [5, 5.41) is 10.1. The molecule has 2 aliphatic rings. The maximum Gasteiger partial charge on any atom is 0.332 e. The zero-order valence-electron chi connectivity index (χ0n) is 14.5. The van der Waals surface area contributed by atoms with E-state index in [2.05, 4.69) is 15.5 Å². The molecule has 2 heterocycles. The van der Waals surface area contributed by atoms with Gasteiger partial charge in [0.1, 0.15) is 0 Å². The van der Waals surface area contributed by atoms with E-state index in [0.717, 1.165) is 17.3 Å². The first-order chi connectivity index (χ1) is 12.5. The number of nitrogens with one attached hydrogen (secondary N) is 1. The van der Waals surface area contributed by atoms with Crippen molar-refractivity contribution in [3.8, 4) is 0 Å². The van der Waals surface area contributed by atoms with Gasteiger partial charge < -0.3 is 5.32 Å². The molecular formula is C17H19N5O3S. The molecule has 0 saturated carbocycles. The second-order valence-electron chi connectivity index (χ2n) is 5.89. The van der Waals surface area contributed by atoms with E-state index in [1.54, 1.807) is 0 Å². The van der Waals surface area contributed by atoms with Crippen molar-refractivity contribution in [2.45, 2.75) is 32.1 Å². The highest BCUT2D eigenvalue weighted by Gasteiger charge is 2.46. The minimum Gasteiger partial charge on any atom is -0.304 e. The van der Waals surface area contributed by atoms with Crippen LogP contribution in [-0.2, 0) is 16.1 Å². The molecule has 1 aromatic rings. The number of amidine groups is 2. The van der Waals surface area contributed by atoms with Crippen molar-refractivity contribution in [3.63, 3.8) is 0 Å². The van der Waals surface area contributed by atoms with Gasteiger partial charge in [0.15, 0.2) is 16.3 Å². The topological polar surface area (TPSA) is 94.4 Å². The zero-order chi connectivity index (χ0) is 18.7. The summed E-state index contributed by atoms with van der Waals surface area (Å²) in [5.41, 5.74) is 0.926. The van der Waals surface area contributed by atoms with Crippen LogP contribution in [0.1, 0.15) is 25.8 Å². The van der Waals surface area contributed by atoms with Crippen molar-refractivity contribution in [2.24, 2.45) is 10.2 Å². The summed E-state index contributed by atoms with van der Waals surface area (Å²) >= 11 is 1.10. The van der Waals surface area contributed by atoms with Gasteiger partial charge in [-0.3, -0.25) is 19.4 Å². The largest absolute Gasteiger partial charge is 0.332 e. The fraction of sp³-hybridized carbons (Fsp3) is 0.353. The summed E-state index contributed by atoms with van der Waals surface area (Å²) in [6, 6.07) is 9.10. The maximum absolute atomic E-state index is 12.9. The second kappa shape index (κ2) is 7.69. The van der Waals surface area contributed by atoms with E-state index >= 15 is 0 Å². The van der Waals surface area contributed by atoms with Gasteiger partial charge in [0.25, 0.3) is 5.91 Å². The third-order valence-corrected chi connectivity index (χ3v) is 4.90. The standard InChI is InChI=1S/C17H19N5O3S/c1-3-9-21-15(24)13-14(19-20-16(26-13)18-11(2)23)22(17(21)25)10-12-7-5-4-6-8-12/h4-8,13H,3,9-10H2,1-2H3,(H,18,20,23). The molecule has 1 saturated heterocycles. The lowest BCUT2D eigenvalue weighted by Crippen LogP contribution is -2.62. The molecule has 0 radical (unpaired) electrons. The minimum absolute atomic E-state index is 0.255. The molecule has 1 atom stereocenters. The van der Waals surface area contributed by atoms with Crippen LogP contribution in [0.5, 0.6) is 0 Å². The first kappa shape index (κ1) is 18.1. The van der Waals surface area contributed by atoms with Gasteiger partial charge in [-0.1, -0.05) is 49.0 Å². The van der Waals surface area contributed by atoms with Crippen LogP contribution >= 0.6 is 11.8 Å². The first-order valence-corrected chi connectivity index (χ1v) is 9.15. The van der Waals surface area contributed by atoms with Gasteiger partial charge in [0.2, 0.25) is 5.91 Å². The Morgan fingerprint density at radius 1 is 1.19 bits per heavy atom. The molecule has 8 nitrogen and oxygen atoms in total. The predicted molar refractivity (Wildman–Crippen MR) is 99.5 cm³/mol. The summed E-state index contributed by atoms with van der Waals surface area (Å²) in [4.78, 5) is 39.7. The highest BCUT2D eigenvalue weighted by molar-refractivity contribution is 8.15. The summed E-state index contributed by atoms with van der Waals surface area (Å²) in [5.74, 6) is -0.321. The lowest BCUT2D eigenvalue weighted by Gasteiger charge is -2.39. The van der Waals surface area contributed by atoms with Crippen LogP contribution in [0.25, 0.3) is 0 Å². The molecule has 0 aromatic heterocycles. The Hall–Kier alpha value is -2.68. The monoisotopic (exact) mass is 373 g/mol. The van der Waals surface area contributed by atoms with Crippen LogP contribution in [0.15, 0.2) is 40.5 Å². The summed E-state index contributed by atoms with van der Waals surface area (Å²) in [6.45, 7) is 3.90. The van der Waals surface area contributed by atoms with E-state index < -0.39 is 11.3 Å². The van der Waals surface area contributed by atoms with Gasteiger partial charge in [-0.15, -0.1) is 10.2 Å². The van der Waals surface area contributed by atoms with E-state index in [9.17, 15) is 14.4 Å². The number of benzene rings is 1. The number of hydrogen-bond donors (Lipinski definition) is 1. The van der Waals surface area contributed by atoms with Crippen molar-refractivity contribution < 1.29 is 14.4 Å². The van der Waals surface area contributed by atoms with Crippen LogP contribution in [0.3, 0.4) is 0 Å². The van der Waals surface area contributed by atoms with Gasteiger partial charge in [-0.2, -0.15) is 0 Å². The second-order valence-corrected chi connectivity index (χ2v) is 6.98. The van der Waals surface area contributed by atoms with Crippen molar-refractivity contribution in [1.29, 1.82) is 0 Å². The van der Waals surface area contributed by atoms with Gasteiger partial charge >= 0.3 is 6.03 Å². The van der Waals surface area contributed by atoms with E-state index in [0.29, 0.717) is 25.3 Å². The summed E-state index contributed by atoms with van der Waals surface area (Å²) in [6.07, 6.45) is 0.660. The molecule has 0 aliphatic carbocycles. The van der Waals surface area contributed by atoms with E-state index in [4.69, 9.17) is 0 Å². The minimum atomic E-state index is -0.706. The molecule has 136 valence electrons. The number of urea groups is 1. The molecule has 0 spiro atoms. The number of carbonyl (C=O) groups is 3. The number of carbonyl (C=O) groups excluding carboxylic acids is 3. The Morgan fingerprint density at radius 2 is 1.92 bits per heavy atom. The van der Waals surface area contributed by atoms with E-state index in [-0.39, 0.29) is 17.0 Å². The average molecular weight is 373 g/mol.